The molecule has 100 valence electrons. The SMILES string of the molecule is CC(C)CCCCNC(=O)CC(C)(C)C(=O)O. The number of hydrogen-bond donors (Lipinski definition) is 2. The molecule has 0 rings (SSSR count). The first kappa shape index (κ1) is 15.9. The third kappa shape index (κ3) is 7.77. The normalized spacial score (nSPS) is 11.6. The van der Waals surface area contributed by atoms with E-state index in [1.165, 1.54) is 0 Å². The van der Waals surface area contributed by atoms with E-state index in [0.717, 1.165) is 19.3 Å². The maximum Gasteiger partial charge on any atom is 0.309 e. The van der Waals surface area contributed by atoms with E-state index < -0.39 is 11.4 Å². The smallest absolute Gasteiger partial charge is 0.309 e. The van der Waals surface area contributed by atoms with Crippen LogP contribution in [-0.4, -0.2) is 23.5 Å². The summed E-state index contributed by atoms with van der Waals surface area (Å²) in [5.74, 6) is -0.425. The average molecular weight is 243 g/mol. The van der Waals surface area contributed by atoms with Crippen molar-refractivity contribution >= 4 is 11.9 Å². The van der Waals surface area contributed by atoms with Crippen molar-refractivity contribution in [3.05, 3.63) is 0 Å². The summed E-state index contributed by atoms with van der Waals surface area (Å²) in [6.07, 6.45) is 3.25. The van der Waals surface area contributed by atoms with E-state index in [9.17, 15) is 9.59 Å². The Bertz CT molecular complexity index is 259. The van der Waals surface area contributed by atoms with Gasteiger partial charge in [0.05, 0.1) is 5.41 Å². The highest BCUT2D eigenvalue weighted by Crippen LogP contribution is 2.19. The van der Waals surface area contributed by atoms with Crippen molar-refractivity contribution < 1.29 is 14.7 Å². The lowest BCUT2D eigenvalue weighted by Gasteiger charge is -2.18. The number of aliphatic carboxylic acids is 1. The molecular formula is C13H25NO3. The molecule has 0 saturated heterocycles. The number of hydrogen-bond acceptors (Lipinski definition) is 2. The van der Waals surface area contributed by atoms with Gasteiger partial charge in [-0.15, -0.1) is 0 Å². The summed E-state index contributed by atoms with van der Waals surface area (Å²) >= 11 is 0. The first-order valence-electron chi connectivity index (χ1n) is 6.26. The summed E-state index contributed by atoms with van der Waals surface area (Å²) in [5, 5.41) is 11.6. The van der Waals surface area contributed by atoms with Crippen LogP contribution < -0.4 is 5.32 Å². The molecule has 0 unspecified atom stereocenters. The molecule has 0 aromatic carbocycles. The molecule has 0 fully saturated rings. The molecule has 0 aliphatic carbocycles. The van der Waals surface area contributed by atoms with Crippen molar-refractivity contribution in [3.63, 3.8) is 0 Å². The standard InChI is InChI=1S/C13H25NO3/c1-10(2)7-5-6-8-14-11(15)9-13(3,4)12(16)17/h10H,5-9H2,1-4H3,(H,14,15)(H,16,17). The van der Waals surface area contributed by atoms with Gasteiger partial charge in [0, 0.05) is 13.0 Å². The fourth-order valence-corrected chi connectivity index (χ4v) is 1.44. The van der Waals surface area contributed by atoms with Crippen LogP contribution in [0.15, 0.2) is 0 Å². The highest BCUT2D eigenvalue weighted by molar-refractivity contribution is 5.84. The number of unbranched alkanes of at least 4 members (excludes halogenated alkanes) is 1. The fourth-order valence-electron chi connectivity index (χ4n) is 1.44. The molecule has 0 saturated carbocycles. The topological polar surface area (TPSA) is 66.4 Å². The second kappa shape index (κ2) is 7.30. The Morgan fingerprint density at radius 3 is 2.29 bits per heavy atom. The van der Waals surface area contributed by atoms with E-state index in [0.29, 0.717) is 12.5 Å². The van der Waals surface area contributed by atoms with Crippen LogP contribution in [-0.2, 0) is 9.59 Å². The van der Waals surface area contributed by atoms with Gasteiger partial charge in [-0.2, -0.15) is 0 Å². The zero-order chi connectivity index (χ0) is 13.5. The monoisotopic (exact) mass is 243 g/mol. The second-order valence-corrected chi connectivity index (χ2v) is 5.61. The Hall–Kier alpha value is -1.06. The molecule has 0 aliphatic heterocycles. The summed E-state index contributed by atoms with van der Waals surface area (Å²) < 4.78 is 0. The lowest BCUT2D eigenvalue weighted by atomic mass is 9.89. The number of rotatable bonds is 8. The van der Waals surface area contributed by atoms with Crippen LogP contribution in [0.5, 0.6) is 0 Å². The first-order valence-corrected chi connectivity index (χ1v) is 6.26. The van der Waals surface area contributed by atoms with E-state index in [1.54, 1.807) is 13.8 Å². The van der Waals surface area contributed by atoms with Crippen LogP contribution in [0.3, 0.4) is 0 Å². The predicted octanol–water partition coefficient (Wildman–Crippen LogP) is 2.43. The molecule has 4 nitrogen and oxygen atoms in total. The van der Waals surface area contributed by atoms with Crippen molar-refractivity contribution in [2.45, 2.75) is 53.4 Å². The number of carbonyl (C=O) groups is 2. The van der Waals surface area contributed by atoms with Gasteiger partial charge in [0.25, 0.3) is 0 Å². The van der Waals surface area contributed by atoms with Gasteiger partial charge < -0.3 is 10.4 Å². The summed E-state index contributed by atoms with van der Waals surface area (Å²) in [4.78, 5) is 22.3. The molecule has 0 heterocycles. The van der Waals surface area contributed by atoms with E-state index in [1.807, 2.05) is 0 Å². The van der Waals surface area contributed by atoms with Crippen molar-refractivity contribution in [1.82, 2.24) is 5.32 Å². The van der Waals surface area contributed by atoms with Crippen LogP contribution in [0.1, 0.15) is 53.4 Å². The van der Waals surface area contributed by atoms with Gasteiger partial charge in [0.15, 0.2) is 0 Å². The van der Waals surface area contributed by atoms with Gasteiger partial charge in [0.1, 0.15) is 0 Å². The van der Waals surface area contributed by atoms with E-state index in [-0.39, 0.29) is 12.3 Å². The van der Waals surface area contributed by atoms with Crippen LogP contribution in [0.25, 0.3) is 0 Å². The first-order chi connectivity index (χ1) is 7.75. The van der Waals surface area contributed by atoms with Crippen LogP contribution >= 0.6 is 0 Å². The van der Waals surface area contributed by atoms with E-state index in [4.69, 9.17) is 5.11 Å². The Balaban J connectivity index is 3.70. The number of carbonyl (C=O) groups excluding carboxylic acids is 1. The molecule has 1 amide bonds. The number of carboxylic acid groups (broad SMARTS) is 1. The Morgan fingerprint density at radius 2 is 1.82 bits per heavy atom. The summed E-state index contributed by atoms with van der Waals surface area (Å²) in [6, 6.07) is 0. The largest absolute Gasteiger partial charge is 0.481 e. The van der Waals surface area contributed by atoms with Gasteiger partial charge in [-0.05, 0) is 26.2 Å². The summed E-state index contributed by atoms with van der Waals surface area (Å²) in [7, 11) is 0. The van der Waals surface area contributed by atoms with Gasteiger partial charge in [-0.25, -0.2) is 0 Å². The summed E-state index contributed by atoms with van der Waals surface area (Å²) in [5.41, 5.74) is -0.984. The molecule has 4 heteroatoms. The van der Waals surface area contributed by atoms with Crippen molar-refractivity contribution in [1.29, 1.82) is 0 Å². The average Bonchev–Trinajstić information content (AvgIpc) is 2.15. The van der Waals surface area contributed by atoms with Gasteiger partial charge in [-0.1, -0.05) is 26.7 Å². The molecule has 0 aromatic rings. The molecule has 0 spiro atoms. The Labute approximate surface area is 104 Å². The minimum atomic E-state index is -0.984. The minimum Gasteiger partial charge on any atom is -0.481 e. The molecule has 0 bridgehead atoms. The van der Waals surface area contributed by atoms with Gasteiger partial charge in [-0.3, -0.25) is 9.59 Å². The van der Waals surface area contributed by atoms with Crippen molar-refractivity contribution in [2.75, 3.05) is 6.54 Å². The Morgan fingerprint density at radius 1 is 1.24 bits per heavy atom. The lowest BCUT2D eigenvalue weighted by molar-refractivity contribution is -0.149. The number of carboxylic acids is 1. The molecule has 0 atom stereocenters. The maximum atomic E-state index is 11.5. The molecule has 0 aromatic heterocycles. The van der Waals surface area contributed by atoms with Crippen LogP contribution in [0, 0.1) is 11.3 Å². The van der Waals surface area contributed by atoms with Crippen LogP contribution in [0.4, 0.5) is 0 Å². The van der Waals surface area contributed by atoms with E-state index in [2.05, 4.69) is 19.2 Å². The molecule has 0 radical (unpaired) electrons. The fraction of sp³-hybridized carbons (Fsp3) is 0.846. The highest BCUT2D eigenvalue weighted by atomic mass is 16.4. The zero-order valence-electron chi connectivity index (χ0n) is 11.4. The van der Waals surface area contributed by atoms with Crippen LogP contribution in [0.2, 0.25) is 0 Å². The third-order valence-corrected chi connectivity index (χ3v) is 2.71. The number of amides is 1. The third-order valence-electron chi connectivity index (χ3n) is 2.71. The van der Waals surface area contributed by atoms with Gasteiger partial charge in [0.2, 0.25) is 5.91 Å². The van der Waals surface area contributed by atoms with Gasteiger partial charge >= 0.3 is 5.97 Å². The number of nitrogens with one attached hydrogen (secondary N) is 1. The Kier molecular flexibility index (Phi) is 6.85. The summed E-state index contributed by atoms with van der Waals surface area (Å²) in [6.45, 7) is 8.12. The molecule has 2 N–H and O–H groups in total. The molecular weight excluding hydrogens is 218 g/mol. The zero-order valence-corrected chi connectivity index (χ0v) is 11.4. The minimum absolute atomic E-state index is 0.0342. The van der Waals surface area contributed by atoms with Crippen molar-refractivity contribution in [3.8, 4) is 0 Å². The second-order valence-electron chi connectivity index (χ2n) is 5.61. The van der Waals surface area contributed by atoms with Crippen molar-refractivity contribution in [2.24, 2.45) is 11.3 Å². The predicted molar refractivity (Wildman–Crippen MR) is 67.7 cm³/mol. The maximum absolute atomic E-state index is 11.5. The molecule has 17 heavy (non-hydrogen) atoms. The highest BCUT2D eigenvalue weighted by Gasteiger charge is 2.29. The van der Waals surface area contributed by atoms with E-state index >= 15 is 0 Å². The lowest BCUT2D eigenvalue weighted by Crippen LogP contribution is -2.33. The quantitative estimate of drug-likeness (QED) is 0.643. The molecule has 0 aliphatic rings.